The number of rotatable bonds is 8. The number of nitrogens with zero attached hydrogens (tertiary/aromatic N) is 3. The molecule has 1 fully saturated rings. The molecule has 0 spiro atoms. The van der Waals surface area contributed by atoms with Crippen molar-refractivity contribution >= 4 is 23.3 Å². The zero-order valence-corrected chi connectivity index (χ0v) is 17.0. The first-order valence-electron chi connectivity index (χ1n) is 9.81. The summed E-state index contributed by atoms with van der Waals surface area (Å²) in [5.41, 5.74) is 1.44. The van der Waals surface area contributed by atoms with Gasteiger partial charge in [-0.25, -0.2) is 4.39 Å². The number of nitrogens with one attached hydrogen (secondary N) is 1. The van der Waals surface area contributed by atoms with Gasteiger partial charge in [0.1, 0.15) is 11.9 Å². The van der Waals surface area contributed by atoms with Crippen LogP contribution in [0.2, 0.25) is 0 Å². The Morgan fingerprint density at radius 2 is 1.87 bits per heavy atom. The van der Waals surface area contributed by atoms with Crippen LogP contribution in [0.4, 0.5) is 4.39 Å². The monoisotopic (exact) mass is 424 g/mol. The SMILES string of the molecule is O=C(NCCc1ccccc1)[C@@H](c1ccccc1F)N(C(=O)c1csnn1)C1CC1. The zero-order valence-electron chi connectivity index (χ0n) is 16.2. The van der Waals surface area contributed by atoms with Crippen molar-refractivity contribution in [3.8, 4) is 0 Å². The molecule has 154 valence electrons. The first-order valence-corrected chi connectivity index (χ1v) is 10.6. The highest BCUT2D eigenvalue weighted by Crippen LogP contribution is 2.36. The quantitative estimate of drug-likeness (QED) is 0.602. The van der Waals surface area contributed by atoms with Crippen LogP contribution in [-0.2, 0) is 11.2 Å². The summed E-state index contributed by atoms with van der Waals surface area (Å²) in [5, 5.41) is 8.29. The number of carbonyl (C=O) groups excluding carboxylic acids is 2. The predicted molar refractivity (Wildman–Crippen MR) is 111 cm³/mol. The van der Waals surface area contributed by atoms with Crippen molar-refractivity contribution < 1.29 is 14.0 Å². The third kappa shape index (κ3) is 4.54. The number of hydrogen-bond acceptors (Lipinski definition) is 5. The summed E-state index contributed by atoms with van der Waals surface area (Å²) in [6, 6.07) is 14.7. The van der Waals surface area contributed by atoms with Gasteiger partial charge in [0, 0.05) is 23.5 Å². The van der Waals surface area contributed by atoms with Gasteiger partial charge in [-0.15, -0.1) is 5.10 Å². The zero-order chi connectivity index (χ0) is 20.9. The standard InChI is InChI=1S/C22H21FN4O2S/c23-18-9-5-4-8-17(18)20(21(28)24-13-12-15-6-2-1-3-7-15)27(16-10-11-16)22(29)19-14-30-26-25-19/h1-9,14,16,20H,10-13H2,(H,24,28)/t20-/m1/s1. The highest BCUT2D eigenvalue weighted by atomic mass is 32.1. The molecule has 8 heteroatoms. The Labute approximate surface area is 177 Å². The highest BCUT2D eigenvalue weighted by molar-refractivity contribution is 7.03. The average Bonchev–Trinajstić information content (AvgIpc) is 3.44. The van der Waals surface area contributed by atoms with Crippen LogP contribution in [0.15, 0.2) is 60.0 Å². The van der Waals surface area contributed by atoms with E-state index in [0.29, 0.717) is 13.0 Å². The van der Waals surface area contributed by atoms with E-state index >= 15 is 0 Å². The molecule has 1 N–H and O–H groups in total. The first-order chi connectivity index (χ1) is 14.6. The molecule has 0 radical (unpaired) electrons. The molecule has 0 unspecified atom stereocenters. The van der Waals surface area contributed by atoms with Gasteiger partial charge in [-0.2, -0.15) is 0 Å². The molecule has 0 bridgehead atoms. The summed E-state index contributed by atoms with van der Waals surface area (Å²) >= 11 is 1.06. The molecule has 0 saturated heterocycles. The van der Waals surface area contributed by atoms with Crippen LogP contribution in [0.25, 0.3) is 0 Å². The summed E-state index contributed by atoms with van der Waals surface area (Å²) in [5.74, 6) is -1.33. The van der Waals surface area contributed by atoms with E-state index in [1.807, 2.05) is 30.3 Å². The molecule has 1 saturated carbocycles. The minimum Gasteiger partial charge on any atom is -0.354 e. The fraction of sp³-hybridized carbons (Fsp3) is 0.273. The number of benzene rings is 2. The fourth-order valence-corrected chi connectivity index (χ4v) is 3.85. The summed E-state index contributed by atoms with van der Waals surface area (Å²) in [6.07, 6.45) is 2.18. The van der Waals surface area contributed by atoms with Crippen LogP contribution in [0.5, 0.6) is 0 Å². The van der Waals surface area contributed by atoms with Crippen molar-refractivity contribution in [3.05, 3.63) is 82.6 Å². The topological polar surface area (TPSA) is 75.2 Å². The van der Waals surface area contributed by atoms with Crippen LogP contribution in [-0.4, -0.2) is 38.9 Å². The van der Waals surface area contributed by atoms with E-state index in [0.717, 1.165) is 29.9 Å². The average molecular weight is 425 g/mol. The third-order valence-electron chi connectivity index (χ3n) is 5.04. The Balaban J connectivity index is 1.59. The normalized spacial score (nSPS) is 14.2. The molecule has 1 aliphatic rings. The first kappa shape index (κ1) is 20.2. The highest BCUT2D eigenvalue weighted by Gasteiger charge is 2.43. The van der Waals surface area contributed by atoms with Gasteiger partial charge in [0.25, 0.3) is 5.91 Å². The molecular weight excluding hydrogens is 403 g/mol. The smallest absolute Gasteiger partial charge is 0.276 e. The van der Waals surface area contributed by atoms with Crippen LogP contribution in [0.1, 0.15) is 40.5 Å². The lowest BCUT2D eigenvalue weighted by atomic mass is 10.0. The summed E-state index contributed by atoms with van der Waals surface area (Å²) in [6.45, 7) is 0.388. The van der Waals surface area contributed by atoms with Crippen molar-refractivity contribution in [1.29, 1.82) is 0 Å². The summed E-state index contributed by atoms with van der Waals surface area (Å²) < 4.78 is 18.4. The number of amides is 2. The van der Waals surface area contributed by atoms with Gasteiger partial charge < -0.3 is 10.2 Å². The van der Waals surface area contributed by atoms with Gasteiger partial charge >= 0.3 is 0 Å². The third-order valence-corrected chi connectivity index (χ3v) is 5.54. The second kappa shape index (κ2) is 9.13. The van der Waals surface area contributed by atoms with E-state index in [-0.39, 0.29) is 17.3 Å². The van der Waals surface area contributed by atoms with E-state index in [1.165, 1.54) is 11.0 Å². The number of hydrogen-bond donors (Lipinski definition) is 1. The van der Waals surface area contributed by atoms with E-state index < -0.39 is 23.7 Å². The maximum Gasteiger partial charge on any atom is 0.276 e. The van der Waals surface area contributed by atoms with Gasteiger partial charge in [-0.05, 0) is 42.4 Å². The Bertz CT molecular complexity index is 1010. The largest absolute Gasteiger partial charge is 0.354 e. The molecule has 1 aliphatic carbocycles. The molecule has 6 nitrogen and oxygen atoms in total. The number of aromatic nitrogens is 2. The van der Waals surface area contributed by atoms with Crippen LogP contribution < -0.4 is 5.32 Å². The minimum absolute atomic E-state index is 0.122. The summed E-state index contributed by atoms with van der Waals surface area (Å²) in [7, 11) is 0. The van der Waals surface area contributed by atoms with Crippen molar-refractivity contribution in [1.82, 2.24) is 19.8 Å². The van der Waals surface area contributed by atoms with Crippen molar-refractivity contribution in [3.63, 3.8) is 0 Å². The lowest BCUT2D eigenvalue weighted by Gasteiger charge is -2.31. The molecule has 2 amide bonds. The maximum absolute atomic E-state index is 14.7. The molecule has 1 atom stereocenters. The Morgan fingerprint density at radius 1 is 1.13 bits per heavy atom. The molecule has 0 aliphatic heterocycles. The van der Waals surface area contributed by atoms with Crippen LogP contribution >= 0.6 is 11.5 Å². The Hall–Kier alpha value is -3.13. The predicted octanol–water partition coefficient (Wildman–Crippen LogP) is 3.38. The van der Waals surface area contributed by atoms with E-state index in [4.69, 9.17) is 0 Å². The number of halogens is 1. The lowest BCUT2D eigenvalue weighted by molar-refractivity contribution is -0.126. The van der Waals surface area contributed by atoms with Gasteiger partial charge in [-0.3, -0.25) is 9.59 Å². The van der Waals surface area contributed by atoms with Gasteiger partial charge in [0.15, 0.2) is 5.69 Å². The van der Waals surface area contributed by atoms with Crippen molar-refractivity contribution in [2.24, 2.45) is 0 Å². The van der Waals surface area contributed by atoms with Crippen molar-refractivity contribution in [2.45, 2.75) is 31.3 Å². The lowest BCUT2D eigenvalue weighted by Crippen LogP contribution is -2.45. The molecule has 3 aromatic rings. The Morgan fingerprint density at radius 3 is 2.53 bits per heavy atom. The second-order valence-electron chi connectivity index (χ2n) is 7.18. The van der Waals surface area contributed by atoms with Crippen LogP contribution in [0.3, 0.4) is 0 Å². The van der Waals surface area contributed by atoms with E-state index in [1.54, 1.807) is 23.6 Å². The van der Waals surface area contributed by atoms with E-state index in [9.17, 15) is 14.0 Å². The van der Waals surface area contributed by atoms with E-state index in [2.05, 4.69) is 14.9 Å². The molecular formula is C22H21FN4O2S. The van der Waals surface area contributed by atoms with Gasteiger partial charge in [-0.1, -0.05) is 53.0 Å². The van der Waals surface area contributed by atoms with Gasteiger partial charge in [0.05, 0.1) is 0 Å². The van der Waals surface area contributed by atoms with Gasteiger partial charge in [0.2, 0.25) is 5.91 Å². The Kier molecular flexibility index (Phi) is 6.13. The molecule has 1 heterocycles. The molecule has 30 heavy (non-hydrogen) atoms. The minimum atomic E-state index is -1.07. The van der Waals surface area contributed by atoms with Crippen LogP contribution in [0, 0.1) is 5.82 Å². The fourth-order valence-electron chi connectivity index (χ4n) is 3.42. The summed E-state index contributed by atoms with van der Waals surface area (Å²) in [4.78, 5) is 27.8. The second-order valence-corrected chi connectivity index (χ2v) is 7.79. The maximum atomic E-state index is 14.7. The van der Waals surface area contributed by atoms with Crippen molar-refractivity contribution in [2.75, 3.05) is 6.54 Å². The molecule has 2 aromatic carbocycles. The molecule has 4 rings (SSSR count). The number of carbonyl (C=O) groups is 2. The molecule has 1 aromatic heterocycles.